The summed E-state index contributed by atoms with van der Waals surface area (Å²) in [6.07, 6.45) is 1.55. The molecule has 1 aliphatic rings. The third kappa shape index (κ3) is 2.78. The molecule has 18 heavy (non-hydrogen) atoms. The molecule has 1 fully saturated rings. The Labute approximate surface area is 115 Å². The molecule has 3 N–H and O–H groups in total. The first-order valence-corrected chi connectivity index (χ1v) is 6.96. The van der Waals surface area contributed by atoms with Crippen molar-refractivity contribution in [3.63, 3.8) is 0 Å². The highest BCUT2D eigenvalue weighted by Gasteiger charge is 2.24. The molecule has 1 aromatic carbocycles. The molecule has 0 aromatic heterocycles. The van der Waals surface area contributed by atoms with E-state index in [-0.39, 0.29) is 11.9 Å². The van der Waals surface area contributed by atoms with Gasteiger partial charge in [-0.25, -0.2) is 4.39 Å². The second-order valence-electron chi connectivity index (χ2n) is 4.89. The lowest BCUT2D eigenvalue weighted by molar-refractivity contribution is 0.110. The van der Waals surface area contributed by atoms with Crippen LogP contribution in [0.2, 0.25) is 0 Å². The molecule has 5 heteroatoms. The van der Waals surface area contributed by atoms with Crippen molar-refractivity contribution >= 4 is 27.3 Å². The number of hydrogen-bond donors (Lipinski definition) is 2. The molecular weight excluding hydrogens is 299 g/mol. The van der Waals surface area contributed by atoms with E-state index in [1.807, 2.05) is 6.92 Å². The van der Waals surface area contributed by atoms with Crippen molar-refractivity contribution in [2.24, 2.45) is 5.92 Å². The molecule has 0 aliphatic carbocycles. The smallest absolute Gasteiger partial charge is 0.139 e. The van der Waals surface area contributed by atoms with Crippen molar-refractivity contribution in [2.45, 2.75) is 25.9 Å². The van der Waals surface area contributed by atoms with Gasteiger partial charge in [-0.15, -0.1) is 0 Å². The van der Waals surface area contributed by atoms with Crippen LogP contribution in [0.3, 0.4) is 0 Å². The first-order chi connectivity index (χ1) is 8.49. The van der Waals surface area contributed by atoms with Crippen LogP contribution in [0.4, 0.5) is 15.8 Å². The quantitative estimate of drug-likeness (QED) is 0.825. The molecule has 1 aromatic rings. The Hall–Kier alpha value is -0.810. The lowest BCUT2D eigenvalue weighted by Gasteiger charge is -2.35. The Kier molecular flexibility index (Phi) is 4.12. The lowest BCUT2D eigenvalue weighted by atomic mass is 9.92. The summed E-state index contributed by atoms with van der Waals surface area (Å²) in [7, 11) is 0. The molecule has 0 amide bonds. The van der Waals surface area contributed by atoms with E-state index in [0.717, 1.165) is 31.6 Å². The second-order valence-corrected chi connectivity index (χ2v) is 5.74. The van der Waals surface area contributed by atoms with Gasteiger partial charge in [0.15, 0.2) is 0 Å². The van der Waals surface area contributed by atoms with Gasteiger partial charge < -0.3 is 15.7 Å². The Morgan fingerprint density at radius 3 is 2.61 bits per heavy atom. The second kappa shape index (κ2) is 5.45. The third-order valence-corrected chi connectivity index (χ3v) is 4.24. The van der Waals surface area contributed by atoms with E-state index in [1.54, 1.807) is 6.07 Å². The highest BCUT2D eigenvalue weighted by molar-refractivity contribution is 9.10. The van der Waals surface area contributed by atoms with Gasteiger partial charge >= 0.3 is 0 Å². The van der Waals surface area contributed by atoms with Gasteiger partial charge in [-0.1, -0.05) is 0 Å². The minimum absolute atomic E-state index is 0.272. The van der Waals surface area contributed by atoms with Gasteiger partial charge in [0.25, 0.3) is 0 Å². The molecule has 1 atom stereocenters. The highest BCUT2D eigenvalue weighted by atomic mass is 79.9. The monoisotopic (exact) mass is 316 g/mol. The topological polar surface area (TPSA) is 49.5 Å². The zero-order valence-electron chi connectivity index (χ0n) is 10.4. The first kappa shape index (κ1) is 13.6. The number of benzene rings is 1. The van der Waals surface area contributed by atoms with Gasteiger partial charge in [0.1, 0.15) is 5.82 Å². The van der Waals surface area contributed by atoms with E-state index >= 15 is 0 Å². The van der Waals surface area contributed by atoms with Gasteiger partial charge in [0.05, 0.1) is 22.0 Å². The van der Waals surface area contributed by atoms with E-state index in [9.17, 15) is 9.50 Å². The van der Waals surface area contributed by atoms with Crippen LogP contribution in [-0.2, 0) is 0 Å². The van der Waals surface area contributed by atoms with Crippen LogP contribution in [0.25, 0.3) is 0 Å². The molecule has 3 nitrogen and oxygen atoms in total. The van der Waals surface area contributed by atoms with E-state index in [1.165, 1.54) is 6.07 Å². The Morgan fingerprint density at radius 2 is 2.06 bits per heavy atom. The maximum absolute atomic E-state index is 13.5. The Morgan fingerprint density at radius 1 is 1.44 bits per heavy atom. The molecule has 0 spiro atoms. The summed E-state index contributed by atoms with van der Waals surface area (Å²) in [4.78, 5) is 2.09. The van der Waals surface area contributed by atoms with E-state index in [0.29, 0.717) is 16.1 Å². The average Bonchev–Trinajstić information content (AvgIpc) is 2.34. The molecule has 1 saturated heterocycles. The lowest BCUT2D eigenvalue weighted by Crippen LogP contribution is -2.37. The summed E-state index contributed by atoms with van der Waals surface area (Å²) in [5.41, 5.74) is 7.26. The molecule has 1 heterocycles. The molecule has 0 radical (unpaired) electrons. The maximum Gasteiger partial charge on any atom is 0.139 e. The molecule has 100 valence electrons. The van der Waals surface area contributed by atoms with E-state index in [4.69, 9.17) is 5.73 Å². The van der Waals surface area contributed by atoms with E-state index < -0.39 is 0 Å². The van der Waals surface area contributed by atoms with Crippen molar-refractivity contribution in [3.8, 4) is 0 Å². The largest absolute Gasteiger partial charge is 0.397 e. The van der Waals surface area contributed by atoms with Crippen LogP contribution in [0.1, 0.15) is 19.8 Å². The number of nitrogens with two attached hydrogens (primary N) is 1. The fourth-order valence-corrected chi connectivity index (χ4v) is 2.81. The van der Waals surface area contributed by atoms with Gasteiger partial charge in [0, 0.05) is 19.2 Å². The van der Waals surface area contributed by atoms with Gasteiger partial charge in [0.2, 0.25) is 0 Å². The Bertz CT molecular complexity index is 431. The fraction of sp³-hybridized carbons (Fsp3) is 0.538. The standard InChI is InChI=1S/C13H18BrFN2O/c1-8(18)9-2-4-17(5-3-9)13-7-11(15)10(14)6-12(13)16/h6-9,18H,2-5,16H2,1H3. The summed E-state index contributed by atoms with van der Waals surface area (Å²) < 4.78 is 13.9. The molecular formula is C13H18BrFN2O. The van der Waals surface area contributed by atoms with Crippen molar-refractivity contribution in [3.05, 3.63) is 22.4 Å². The number of nitrogens with zero attached hydrogens (tertiary/aromatic N) is 1. The summed E-state index contributed by atoms with van der Waals surface area (Å²) in [5.74, 6) is 0.0413. The fourth-order valence-electron chi connectivity index (χ4n) is 2.45. The minimum Gasteiger partial charge on any atom is -0.397 e. The van der Waals surface area contributed by atoms with Crippen LogP contribution in [-0.4, -0.2) is 24.3 Å². The van der Waals surface area contributed by atoms with Gasteiger partial charge in [-0.2, -0.15) is 0 Å². The summed E-state index contributed by atoms with van der Waals surface area (Å²) in [5, 5.41) is 9.56. The first-order valence-electron chi connectivity index (χ1n) is 6.16. The van der Waals surface area contributed by atoms with Crippen molar-refractivity contribution in [2.75, 3.05) is 23.7 Å². The highest BCUT2D eigenvalue weighted by Crippen LogP contribution is 2.32. The number of aliphatic hydroxyl groups is 1. The minimum atomic E-state index is -0.295. The molecule has 1 unspecified atom stereocenters. The van der Waals surface area contributed by atoms with Gasteiger partial charge in [-0.3, -0.25) is 0 Å². The molecule has 2 rings (SSSR count). The predicted molar refractivity (Wildman–Crippen MR) is 75.1 cm³/mol. The predicted octanol–water partition coefficient (Wildman–Crippen LogP) is 2.77. The van der Waals surface area contributed by atoms with Crippen molar-refractivity contribution < 1.29 is 9.50 Å². The molecule has 0 saturated carbocycles. The van der Waals surface area contributed by atoms with Crippen molar-refractivity contribution in [1.29, 1.82) is 0 Å². The third-order valence-electron chi connectivity index (χ3n) is 3.63. The normalized spacial score (nSPS) is 19.0. The maximum atomic E-state index is 13.5. The Balaban J connectivity index is 2.12. The summed E-state index contributed by atoms with van der Waals surface area (Å²) >= 11 is 3.13. The molecule has 0 bridgehead atoms. The number of halogens is 2. The zero-order valence-corrected chi connectivity index (χ0v) is 12.0. The van der Waals surface area contributed by atoms with Crippen LogP contribution >= 0.6 is 15.9 Å². The van der Waals surface area contributed by atoms with Gasteiger partial charge in [-0.05, 0) is 47.7 Å². The SMILES string of the molecule is CC(O)C1CCN(c2cc(F)c(Br)cc2N)CC1. The van der Waals surface area contributed by atoms with Crippen LogP contribution < -0.4 is 10.6 Å². The van der Waals surface area contributed by atoms with Crippen LogP contribution in [0.15, 0.2) is 16.6 Å². The number of nitrogen functional groups attached to an aromatic ring is 1. The average molecular weight is 317 g/mol. The number of hydrogen-bond acceptors (Lipinski definition) is 3. The van der Waals surface area contributed by atoms with Crippen LogP contribution in [0.5, 0.6) is 0 Å². The van der Waals surface area contributed by atoms with E-state index in [2.05, 4.69) is 20.8 Å². The van der Waals surface area contributed by atoms with Crippen LogP contribution in [0, 0.1) is 11.7 Å². The number of piperidine rings is 1. The molecule has 1 aliphatic heterocycles. The number of rotatable bonds is 2. The zero-order chi connectivity index (χ0) is 13.3. The summed E-state index contributed by atoms with van der Waals surface area (Å²) in [6.45, 7) is 3.44. The summed E-state index contributed by atoms with van der Waals surface area (Å²) in [6, 6.07) is 3.08. The number of anilines is 2. The number of aliphatic hydroxyl groups excluding tert-OH is 1. The van der Waals surface area contributed by atoms with Crippen molar-refractivity contribution in [1.82, 2.24) is 0 Å².